The van der Waals surface area contributed by atoms with E-state index in [4.69, 9.17) is 10.3 Å². The molecule has 0 aliphatic heterocycles. The van der Waals surface area contributed by atoms with E-state index < -0.39 is 23.6 Å². The van der Waals surface area contributed by atoms with Crippen molar-refractivity contribution in [3.05, 3.63) is 45.8 Å². The summed E-state index contributed by atoms with van der Waals surface area (Å²) in [5.41, 5.74) is 8.40. The molecule has 6 nitrogen and oxygen atoms in total. The predicted molar refractivity (Wildman–Crippen MR) is 67.7 cm³/mol. The number of hydrogen-bond acceptors (Lipinski definition) is 4. The van der Waals surface area contributed by atoms with Crippen LogP contribution in [-0.4, -0.2) is 25.7 Å². The molecule has 0 spiro atoms. The molecule has 0 aliphatic rings. The van der Waals surface area contributed by atoms with Gasteiger partial charge in [0, 0.05) is 18.0 Å². The van der Waals surface area contributed by atoms with E-state index in [1.165, 1.54) is 6.07 Å². The summed E-state index contributed by atoms with van der Waals surface area (Å²) in [7, 11) is 0. The van der Waals surface area contributed by atoms with Crippen molar-refractivity contribution in [2.45, 2.75) is 13.0 Å². The first-order valence-electron chi connectivity index (χ1n) is 5.96. The van der Waals surface area contributed by atoms with Crippen molar-refractivity contribution >= 4 is 5.97 Å². The van der Waals surface area contributed by atoms with Crippen LogP contribution in [-0.2, 0) is 9.53 Å². The van der Waals surface area contributed by atoms with Gasteiger partial charge in [-0.1, -0.05) is 11.2 Å². The van der Waals surface area contributed by atoms with E-state index in [1.807, 2.05) is 0 Å². The zero-order valence-corrected chi connectivity index (χ0v) is 10.8. The van der Waals surface area contributed by atoms with Gasteiger partial charge >= 0.3 is 5.97 Å². The number of azide groups is 1. The number of esters is 1. The summed E-state index contributed by atoms with van der Waals surface area (Å²) in [5, 5.41) is 6.08. The molecule has 1 atom stereocenters. The maximum atomic E-state index is 13.2. The molecule has 0 bridgehead atoms. The Hall–Kier alpha value is -2.18. The monoisotopic (exact) mass is 284 g/mol. The number of hydrogen-bond donors (Lipinski definition) is 1. The summed E-state index contributed by atoms with van der Waals surface area (Å²) in [6, 6.07) is 2.21. The molecule has 0 heterocycles. The lowest BCUT2D eigenvalue weighted by atomic mass is 10.1. The first-order valence-corrected chi connectivity index (χ1v) is 5.96. The summed E-state index contributed by atoms with van der Waals surface area (Å²) in [6.07, 6.45) is 0. The molecule has 1 aromatic carbocycles. The van der Waals surface area contributed by atoms with E-state index in [2.05, 4.69) is 15.3 Å². The Morgan fingerprint density at radius 2 is 2.25 bits per heavy atom. The van der Waals surface area contributed by atoms with Crippen LogP contribution in [0.5, 0.6) is 0 Å². The first-order chi connectivity index (χ1) is 9.60. The third kappa shape index (κ3) is 4.49. The number of nitrogens with zero attached hydrogens (tertiary/aromatic N) is 3. The number of nitrogens with one attached hydrogen (secondary N) is 1. The molecule has 0 radical (unpaired) electrons. The average Bonchev–Trinajstić information content (AvgIpc) is 2.42. The van der Waals surface area contributed by atoms with Crippen molar-refractivity contribution in [2.75, 3.05) is 19.7 Å². The van der Waals surface area contributed by atoms with Crippen molar-refractivity contribution in [1.29, 1.82) is 0 Å². The molecule has 20 heavy (non-hydrogen) atoms. The van der Waals surface area contributed by atoms with Crippen LogP contribution in [0.3, 0.4) is 0 Å². The second kappa shape index (κ2) is 8.08. The lowest BCUT2D eigenvalue weighted by Crippen LogP contribution is -2.32. The zero-order chi connectivity index (χ0) is 15.0. The zero-order valence-electron chi connectivity index (χ0n) is 10.8. The molecule has 8 heteroatoms. The van der Waals surface area contributed by atoms with Gasteiger partial charge in [-0.15, -0.1) is 0 Å². The van der Waals surface area contributed by atoms with E-state index in [9.17, 15) is 13.6 Å². The summed E-state index contributed by atoms with van der Waals surface area (Å²) in [6.45, 7) is 2.12. The SMILES string of the molecule is CCOC(=O)C(NCCN=[N+]=[N-])c1ccc(F)c(F)c1. The van der Waals surface area contributed by atoms with Gasteiger partial charge in [-0.3, -0.25) is 0 Å². The summed E-state index contributed by atoms with van der Waals surface area (Å²) < 4.78 is 31.0. The Morgan fingerprint density at radius 3 is 2.85 bits per heavy atom. The minimum absolute atomic E-state index is 0.121. The second-order valence-corrected chi connectivity index (χ2v) is 3.77. The van der Waals surface area contributed by atoms with E-state index in [-0.39, 0.29) is 25.3 Å². The Kier molecular flexibility index (Phi) is 6.42. The standard InChI is InChI=1S/C12H14F2N4O2/c1-2-20-12(19)11(16-5-6-17-18-15)8-3-4-9(13)10(14)7-8/h3-4,7,11,16H,2,5-6H2,1H3. The van der Waals surface area contributed by atoms with E-state index in [0.29, 0.717) is 0 Å². The lowest BCUT2D eigenvalue weighted by molar-refractivity contribution is -0.145. The minimum Gasteiger partial charge on any atom is -0.465 e. The Labute approximate surface area is 114 Å². The molecular weight excluding hydrogens is 270 g/mol. The minimum atomic E-state index is -1.05. The Bertz CT molecular complexity index is 518. The highest BCUT2D eigenvalue weighted by Gasteiger charge is 2.22. The van der Waals surface area contributed by atoms with Crippen molar-refractivity contribution < 1.29 is 18.3 Å². The highest BCUT2D eigenvalue weighted by molar-refractivity contribution is 5.77. The molecule has 1 rings (SSSR count). The predicted octanol–water partition coefficient (Wildman–Crippen LogP) is 2.47. The van der Waals surface area contributed by atoms with Crippen LogP contribution in [0.2, 0.25) is 0 Å². The average molecular weight is 284 g/mol. The fourth-order valence-corrected chi connectivity index (χ4v) is 1.56. The summed E-state index contributed by atoms with van der Waals surface area (Å²) in [4.78, 5) is 14.4. The van der Waals surface area contributed by atoms with Gasteiger partial charge in [0.05, 0.1) is 6.61 Å². The van der Waals surface area contributed by atoms with Crippen molar-refractivity contribution in [3.63, 3.8) is 0 Å². The highest BCUT2D eigenvalue weighted by Crippen LogP contribution is 2.17. The molecule has 1 unspecified atom stereocenters. The van der Waals surface area contributed by atoms with Crippen molar-refractivity contribution in [3.8, 4) is 0 Å². The molecule has 0 aliphatic carbocycles. The molecule has 1 aromatic rings. The van der Waals surface area contributed by atoms with Gasteiger partial charge in [0.15, 0.2) is 11.6 Å². The summed E-state index contributed by atoms with van der Waals surface area (Å²) in [5.74, 6) is -2.65. The lowest BCUT2D eigenvalue weighted by Gasteiger charge is -2.17. The molecule has 1 N–H and O–H groups in total. The van der Waals surface area contributed by atoms with Gasteiger partial charge in [-0.05, 0) is 30.2 Å². The van der Waals surface area contributed by atoms with Crippen molar-refractivity contribution in [1.82, 2.24) is 5.32 Å². The second-order valence-electron chi connectivity index (χ2n) is 3.77. The maximum Gasteiger partial charge on any atom is 0.327 e. The van der Waals surface area contributed by atoms with Gasteiger partial charge in [-0.2, -0.15) is 0 Å². The number of carbonyl (C=O) groups is 1. The van der Waals surface area contributed by atoms with Gasteiger partial charge in [0.2, 0.25) is 0 Å². The fraction of sp³-hybridized carbons (Fsp3) is 0.417. The van der Waals surface area contributed by atoms with Crippen LogP contribution in [0, 0.1) is 11.6 Å². The van der Waals surface area contributed by atoms with E-state index in [0.717, 1.165) is 12.1 Å². The number of rotatable bonds is 7. The van der Waals surface area contributed by atoms with Crippen LogP contribution in [0.4, 0.5) is 8.78 Å². The van der Waals surface area contributed by atoms with E-state index >= 15 is 0 Å². The topological polar surface area (TPSA) is 87.1 Å². The quantitative estimate of drug-likeness (QED) is 0.274. The number of benzene rings is 1. The molecule has 0 fully saturated rings. The Morgan fingerprint density at radius 1 is 1.50 bits per heavy atom. The van der Waals surface area contributed by atoms with Crippen LogP contribution < -0.4 is 5.32 Å². The third-order valence-corrected chi connectivity index (χ3v) is 2.42. The number of carbonyl (C=O) groups excluding carboxylic acids is 1. The van der Waals surface area contributed by atoms with Gasteiger partial charge < -0.3 is 10.1 Å². The smallest absolute Gasteiger partial charge is 0.327 e. The molecule has 0 saturated carbocycles. The fourth-order valence-electron chi connectivity index (χ4n) is 1.56. The normalized spacial score (nSPS) is 11.6. The molecule has 108 valence electrons. The van der Waals surface area contributed by atoms with Crippen LogP contribution in [0.1, 0.15) is 18.5 Å². The van der Waals surface area contributed by atoms with E-state index in [1.54, 1.807) is 6.92 Å². The van der Waals surface area contributed by atoms with Gasteiger partial charge in [-0.25, -0.2) is 13.6 Å². The third-order valence-electron chi connectivity index (χ3n) is 2.42. The molecule has 0 amide bonds. The van der Waals surface area contributed by atoms with Gasteiger partial charge in [0.1, 0.15) is 6.04 Å². The summed E-state index contributed by atoms with van der Waals surface area (Å²) >= 11 is 0. The molecule has 0 saturated heterocycles. The van der Waals surface area contributed by atoms with Crippen LogP contribution in [0.25, 0.3) is 10.4 Å². The maximum absolute atomic E-state index is 13.2. The molecular formula is C12H14F2N4O2. The van der Waals surface area contributed by atoms with Crippen molar-refractivity contribution in [2.24, 2.45) is 5.11 Å². The number of halogens is 2. The van der Waals surface area contributed by atoms with Gasteiger partial charge in [0.25, 0.3) is 0 Å². The van der Waals surface area contributed by atoms with Crippen LogP contribution >= 0.6 is 0 Å². The molecule has 0 aromatic heterocycles. The van der Waals surface area contributed by atoms with Crippen LogP contribution in [0.15, 0.2) is 23.3 Å². The highest BCUT2D eigenvalue weighted by atomic mass is 19.2. The first kappa shape index (κ1) is 15.9. The number of ether oxygens (including phenoxy) is 1. The largest absolute Gasteiger partial charge is 0.465 e. The Balaban J connectivity index is 2.87.